The molecule has 94 valence electrons. The molecule has 0 aromatic carbocycles. The maximum absolute atomic E-state index is 4.89. The summed E-state index contributed by atoms with van der Waals surface area (Å²) in [7, 11) is 14.9. The molecule has 0 rings (SSSR count). The second-order valence-corrected chi connectivity index (χ2v) is 15.1. The molecular formula is C8H22Cl2N2P2Ti-2. The van der Waals surface area contributed by atoms with Crippen LogP contribution in [0.2, 0.25) is 0 Å². The average molecular weight is 327 g/mol. The first-order chi connectivity index (χ1) is 6.54. The molecule has 0 aliphatic rings. The summed E-state index contributed by atoms with van der Waals surface area (Å²) >= 11 is -0.556. The first-order valence-electron chi connectivity index (χ1n) is 4.09. The topological polar surface area (TPSA) is 24.7 Å². The van der Waals surface area contributed by atoms with Crippen LogP contribution in [0.1, 0.15) is 0 Å². The van der Waals surface area contributed by atoms with Gasteiger partial charge in [-0.05, 0) is 40.0 Å². The molecule has 0 aromatic heterocycles. The van der Waals surface area contributed by atoms with E-state index in [1.807, 2.05) is 0 Å². The third-order valence-corrected chi connectivity index (χ3v) is 2.55. The Morgan fingerprint density at radius 2 is 0.867 bits per heavy atom. The average Bonchev–Trinajstić information content (AvgIpc) is 2.04. The van der Waals surface area contributed by atoms with Crippen LogP contribution in [0.3, 0.4) is 0 Å². The van der Waals surface area contributed by atoms with Crippen LogP contribution >= 0.6 is 32.7 Å². The monoisotopic (exact) mass is 326 g/mol. The molecule has 0 atom stereocenters. The van der Waals surface area contributed by atoms with E-state index in [-0.39, 0.29) is 0 Å². The van der Waals surface area contributed by atoms with Gasteiger partial charge in [-0.15, -0.1) is 0 Å². The van der Waals surface area contributed by atoms with E-state index < -0.39 is 31.1 Å². The molecule has 0 heterocycles. The summed E-state index contributed by atoms with van der Waals surface area (Å²) in [5, 5.41) is 0. The van der Waals surface area contributed by atoms with Gasteiger partial charge >= 0.3 is 35.6 Å². The Kier molecular flexibility index (Phi) is 17.9. The van der Waals surface area contributed by atoms with Crippen LogP contribution in [0.5, 0.6) is 0 Å². The van der Waals surface area contributed by atoms with E-state index in [1.165, 1.54) is 0 Å². The van der Waals surface area contributed by atoms with Crippen LogP contribution in [-0.2, 0) is 17.0 Å². The molecule has 0 unspecified atom stereocenters. The minimum atomic E-state index is -0.883. The second kappa shape index (κ2) is 12.2. The molecule has 0 aromatic rings. The molecule has 0 aliphatic carbocycles. The van der Waals surface area contributed by atoms with Crippen molar-refractivity contribution in [2.24, 2.45) is 9.49 Å². The Morgan fingerprint density at radius 3 is 0.867 bits per heavy atom. The Labute approximate surface area is 113 Å². The van der Waals surface area contributed by atoms with Gasteiger partial charge in [0.15, 0.2) is 0 Å². The van der Waals surface area contributed by atoms with Crippen molar-refractivity contribution in [1.82, 2.24) is 0 Å². The summed E-state index contributed by atoms with van der Waals surface area (Å²) in [5.74, 6) is 0. The summed E-state index contributed by atoms with van der Waals surface area (Å²) in [6.45, 7) is 12.8. The van der Waals surface area contributed by atoms with E-state index in [2.05, 4.69) is 63.6 Å². The van der Waals surface area contributed by atoms with Crippen LogP contribution in [0.4, 0.5) is 0 Å². The normalized spacial score (nSPS) is 10.0. The molecule has 2 nitrogen and oxygen atoms in total. The molecule has 0 saturated heterocycles. The van der Waals surface area contributed by atoms with Crippen LogP contribution in [0.25, 0.3) is 0 Å². The number of nitrogens with zero attached hydrogens (tertiary/aromatic N) is 2. The minimum absolute atomic E-state index is 0.556. The van der Waals surface area contributed by atoms with Gasteiger partial charge in [-0.25, -0.2) is 14.1 Å². The van der Waals surface area contributed by atoms with Crippen LogP contribution < -0.4 is 0 Å². The quantitative estimate of drug-likeness (QED) is 0.335. The summed E-state index contributed by atoms with van der Waals surface area (Å²) in [5.41, 5.74) is 0. The fourth-order valence-electron chi connectivity index (χ4n) is 0. The third kappa shape index (κ3) is 49.6. The number of hydrogen-bond acceptors (Lipinski definition) is 2. The molecular weight excluding hydrogens is 305 g/mol. The van der Waals surface area contributed by atoms with Gasteiger partial charge in [-0.1, -0.05) is 14.1 Å². The molecule has 0 spiro atoms. The summed E-state index contributed by atoms with van der Waals surface area (Å²) in [4.78, 5) is 0. The maximum atomic E-state index is 4.89. The molecule has 0 bridgehead atoms. The van der Waals surface area contributed by atoms with Crippen molar-refractivity contribution in [3.8, 4) is 0 Å². The van der Waals surface area contributed by atoms with E-state index in [0.717, 1.165) is 0 Å². The van der Waals surface area contributed by atoms with Gasteiger partial charge in [-0.3, -0.25) is 0 Å². The second-order valence-electron chi connectivity index (χ2n) is 4.24. The van der Waals surface area contributed by atoms with Crippen molar-refractivity contribution < 1.29 is 17.0 Å². The summed E-state index contributed by atoms with van der Waals surface area (Å²) in [6.07, 6.45) is 0. The fourth-order valence-corrected chi connectivity index (χ4v) is 0. The molecule has 0 radical (unpaired) electrons. The SMILES string of the molecule is [CH2-]N=P(C)(C)C.[CH2-]N=P(C)(C)C.[Cl][Ti][Cl]. The van der Waals surface area contributed by atoms with Gasteiger partial charge in [-0.2, -0.15) is 0 Å². The van der Waals surface area contributed by atoms with Crippen molar-refractivity contribution in [1.29, 1.82) is 0 Å². The Hall–Kier alpha value is 1.75. The first kappa shape index (κ1) is 22.0. The van der Waals surface area contributed by atoms with E-state index in [1.54, 1.807) is 0 Å². The molecule has 0 saturated carbocycles. The van der Waals surface area contributed by atoms with Gasteiger partial charge in [0, 0.05) is 0 Å². The Morgan fingerprint density at radius 1 is 0.800 bits per heavy atom. The van der Waals surface area contributed by atoms with Crippen LogP contribution in [-0.4, -0.2) is 40.0 Å². The van der Waals surface area contributed by atoms with E-state index in [4.69, 9.17) is 18.6 Å². The van der Waals surface area contributed by atoms with Crippen LogP contribution in [0.15, 0.2) is 9.49 Å². The molecule has 0 N–H and O–H groups in total. The molecule has 0 fully saturated rings. The number of hydrogen-bond donors (Lipinski definition) is 0. The fraction of sp³-hybridized carbons (Fsp3) is 0.750. The van der Waals surface area contributed by atoms with Crippen LogP contribution in [0, 0.1) is 14.1 Å². The van der Waals surface area contributed by atoms with Gasteiger partial charge in [0.2, 0.25) is 0 Å². The third-order valence-electron chi connectivity index (χ3n) is 0.849. The van der Waals surface area contributed by atoms with Crippen molar-refractivity contribution in [3.63, 3.8) is 0 Å². The van der Waals surface area contributed by atoms with Crippen molar-refractivity contribution in [3.05, 3.63) is 14.1 Å². The van der Waals surface area contributed by atoms with E-state index in [9.17, 15) is 0 Å². The molecule has 0 aliphatic heterocycles. The predicted octanol–water partition coefficient (Wildman–Crippen LogP) is 5.11. The first-order valence-corrected chi connectivity index (χ1v) is 14.6. The number of halogens is 2. The van der Waals surface area contributed by atoms with Gasteiger partial charge in [0.25, 0.3) is 0 Å². The van der Waals surface area contributed by atoms with Crippen molar-refractivity contribution in [2.75, 3.05) is 40.0 Å². The van der Waals surface area contributed by atoms with Gasteiger partial charge < -0.3 is 9.49 Å². The van der Waals surface area contributed by atoms with Crippen molar-refractivity contribution >= 4 is 32.7 Å². The zero-order valence-corrected chi connectivity index (χ0v) is 15.3. The summed E-state index contributed by atoms with van der Waals surface area (Å²) < 4.78 is 7.76. The summed E-state index contributed by atoms with van der Waals surface area (Å²) in [6, 6.07) is 0. The van der Waals surface area contributed by atoms with Gasteiger partial charge in [0.05, 0.1) is 0 Å². The van der Waals surface area contributed by atoms with E-state index in [0.29, 0.717) is 0 Å². The Bertz CT molecular complexity index is 192. The Balaban J connectivity index is -0.000000153. The zero-order chi connectivity index (χ0) is 13.1. The molecule has 15 heavy (non-hydrogen) atoms. The standard InChI is InChI=1S/2C4H11NP.2ClH.Ti/c2*1-5-6(2,3)4;;;/h2*1H2,2-4H3;2*1H;/q2*-1;;;+2/p-2. The van der Waals surface area contributed by atoms with Gasteiger partial charge in [0.1, 0.15) is 0 Å². The zero-order valence-electron chi connectivity index (χ0n) is 10.5. The van der Waals surface area contributed by atoms with E-state index >= 15 is 0 Å². The predicted molar refractivity (Wildman–Crippen MR) is 76.7 cm³/mol. The molecule has 7 heteroatoms. The van der Waals surface area contributed by atoms with Crippen molar-refractivity contribution in [2.45, 2.75) is 0 Å². The number of rotatable bonds is 0. The molecule has 0 amide bonds.